The summed E-state index contributed by atoms with van der Waals surface area (Å²) in [5.41, 5.74) is 0. The van der Waals surface area contributed by atoms with Crippen LogP contribution in [0, 0.1) is 0 Å². The van der Waals surface area contributed by atoms with Crippen LogP contribution in [0.4, 0.5) is 0 Å². The average Bonchev–Trinajstić information content (AvgIpc) is 3.46. The lowest BCUT2D eigenvalue weighted by molar-refractivity contribution is -0.167. The van der Waals surface area contributed by atoms with E-state index in [1.165, 1.54) is 180 Å². The summed E-state index contributed by atoms with van der Waals surface area (Å²) < 4.78 is 17.0. The van der Waals surface area contributed by atoms with Gasteiger partial charge in [0.1, 0.15) is 13.2 Å². The van der Waals surface area contributed by atoms with Crippen molar-refractivity contribution in [2.24, 2.45) is 0 Å². The summed E-state index contributed by atoms with van der Waals surface area (Å²) in [5, 5.41) is 0. The number of hydrogen-bond donors (Lipinski definition) is 0. The van der Waals surface area contributed by atoms with E-state index in [1.54, 1.807) is 0 Å². The molecule has 6 heteroatoms. The SMILES string of the molecule is CC/C=C\C/C=C\C/C=C\C/C=C\C/C=C\C/C=C\C/C=C\CCCCCCCCCC(=O)OCC(COC(=O)CCCCCCC/C=C\CCCCCC)OC(=O)CCCCCCCCCCCCCCCCCCCCCC. The van der Waals surface area contributed by atoms with Crippen LogP contribution in [0.1, 0.15) is 335 Å². The number of rotatable bonds is 62. The number of carbonyl (C=O) groups is 3. The number of hydrogen-bond acceptors (Lipinski definition) is 6. The molecule has 1 unspecified atom stereocenters. The van der Waals surface area contributed by atoms with Crippen molar-refractivity contribution in [1.82, 2.24) is 0 Å². The van der Waals surface area contributed by atoms with Gasteiger partial charge in [0.25, 0.3) is 0 Å². The van der Waals surface area contributed by atoms with Gasteiger partial charge in [-0.2, -0.15) is 0 Å². The molecule has 0 aromatic rings. The minimum absolute atomic E-state index is 0.0822. The van der Waals surface area contributed by atoms with Crippen LogP contribution >= 0.6 is 0 Å². The van der Waals surface area contributed by atoms with Gasteiger partial charge < -0.3 is 14.2 Å². The van der Waals surface area contributed by atoms with Crippen LogP contribution in [-0.4, -0.2) is 37.2 Å². The van der Waals surface area contributed by atoms with Crippen molar-refractivity contribution in [2.75, 3.05) is 13.2 Å². The number of unbranched alkanes of at least 4 members (excludes halogenated alkanes) is 35. The molecule has 0 spiro atoms. The highest BCUT2D eigenvalue weighted by atomic mass is 16.6. The van der Waals surface area contributed by atoms with Crippen molar-refractivity contribution in [3.05, 3.63) is 97.2 Å². The molecule has 0 aromatic heterocycles. The standard InChI is InChI=1S/C74H128O6/c1-4-7-10-13-16-19-22-25-27-29-31-33-34-35-36-37-38-39-40-41-43-44-46-49-52-55-58-61-64-67-73(76)79-70-71(69-78-72(75)66-63-60-57-54-51-48-24-21-18-15-12-9-6-3)80-74(77)68-65-62-59-56-53-50-47-45-42-32-30-28-26-23-20-17-14-11-8-5-2/h7,10,16,19,21,24-25,27,31,33,35-36,38-39,41,43,71H,4-6,8-9,11-15,17-18,20,22-23,26,28-30,32,34,37,40,42,44-70H2,1-3H3/b10-7-,19-16-,24-21-,27-25-,33-31-,36-35-,39-38-,43-41-. The Hall–Kier alpha value is -3.67. The van der Waals surface area contributed by atoms with Gasteiger partial charge in [0.05, 0.1) is 0 Å². The van der Waals surface area contributed by atoms with Crippen LogP contribution in [0.2, 0.25) is 0 Å². The highest BCUT2D eigenvalue weighted by Gasteiger charge is 2.19. The first-order valence-corrected chi connectivity index (χ1v) is 34.2. The Bertz CT molecular complexity index is 1560. The summed E-state index contributed by atoms with van der Waals surface area (Å²) in [5.74, 6) is -0.886. The fourth-order valence-electron chi connectivity index (χ4n) is 9.71. The van der Waals surface area contributed by atoms with E-state index in [0.717, 1.165) is 116 Å². The summed E-state index contributed by atoms with van der Waals surface area (Å²) in [4.78, 5) is 38.4. The third-order valence-corrected chi connectivity index (χ3v) is 14.8. The summed E-state index contributed by atoms with van der Waals surface area (Å²) in [7, 11) is 0. The molecular weight excluding hydrogens is 985 g/mol. The first-order valence-electron chi connectivity index (χ1n) is 34.2. The summed E-state index contributed by atoms with van der Waals surface area (Å²) >= 11 is 0. The largest absolute Gasteiger partial charge is 0.462 e. The zero-order valence-corrected chi connectivity index (χ0v) is 52.8. The molecule has 460 valence electrons. The van der Waals surface area contributed by atoms with Gasteiger partial charge in [-0.3, -0.25) is 14.4 Å². The maximum atomic E-state index is 12.9. The van der Waals surface area contributed by atoms with E-state index in [4.69, 9.17) is 14.2 Å². The van der Waals surface area contributed by atoms with E-state index in [2.05, 4.69) is 118 Å². The normalized spacial score (nSPS) is 12.7. The first-order chi connectivity index (χ1) is 39.5. The molecule has 0 bridgehead atoms. The highest BCUT2D eigenvalue weighted by Crippen LogP contribution is 2.17. The number of ether oxygens (including phenoxy) is 3. The molecule has 0 saturated carbocycles. The van der Waals surface area contributed by atoms with Gasteiger partial charge >= 0.3 is 17.9 Å². The Labute approximate surface area is 496 Å². The summed E-state index contributed by atoms with van der Waals surface area (Å²) in [6.07, 6.45) is 91.4. The lowest BCUT2D eigenvalue weighted by Gasteiger charge is -2.18. The smallest absolute Gasteiger partial charge is 0.306 e. The number of allylic oxidation sites excluding steroid dienone is 16. The van der Waals surface area contributed by atoms with Crippen molar-refractivity contribution < 1.29 is 28.6 Å². The van der Waals surface area contributed by atoms with E-state index in [1.807, 2.05) is 0 Å². The number of carbonyl (C=O) groups excluding carboxylic acids is 3. The second-order valence-electron chi connectivity index (χ2n) is 22.7. The zero-order chi connectivity index (χ0) is 57.8. The van der Waals surface area contributed by atoms with Crippen LogP contribution in [-0.2, 0) is 28.6 Å². The van der Waals surface area contributed by atoms with Gasteiger partial charge in [0, 0.05) is 19.3 Å². The van der Waals surface area contributed by atoms with Crippen LogP contribution in [0.5, 0.6) is 0 Å². The Morgan fingerprint density at radius 2 is 0.487 bits per heavy atom. The monoisotopic (exact) mass is 1110 g/mol. The molecule has 0 rings (SSSR count). The molecule has 1 atom stereocenters. The Morgan fingerprint density at radius 1 is 0.263 bits per heavy atom. The van der Waals surface area contributed by atoms with Crippen LogP contribution in [0.15, 0.2) is 97.2 Å². The van der Waals surface area contributed by atoms with Crippen molar-refractivity contribution in [1.29, 1.82) is 0 Å². The van der Waals surface area contributed by atoms with E-state index < -0.39 is 6.10 Å². The maximum Gasteiger partial charge on any atom is 0.306 e. The molecule has 0 fully saturated rings. The van der Waals surface area contributed by atoms with Gasteiger partial charge in [0.15, 0.2) is 6.10 Å². The molecule has 0 N–H and O–H groups in total. The topological polar surface area (TPSA) is 78.9 Å². The van der Waals surface area contributed by atoms with E-state index in [0.29, 0.717) is 19.3 Å². The molecule has 0 radical (unpaired) electrons. The molecule has 6 nitrogen and oxygen atoms in total. The zero-order valence-electron chi connectivity index (χ0n) is 52.8. The fourth-order valence-corrected chi connectivity index (χ4v) is 9.71. The molecular formula is C74H128O6. The van der Waals surface area contributed by atoms with Crippen molar-refractivity contribution >= 4 is 17.9 Å². The van der Waals surface area contributed by atoms with Gasteiger partial charge in [0.2, 0.25) is 0 Å². The van der Waals surface area contributed by atoms with Gasteiger partial charge in [-0.15, -0.1) is 0 Å². The van der Waals surface area contributed by atoms with Crippen molar-refractivity contribution in [3.8, 4) is 0 Å². The third kappa shape index (κ3) is 65.1. The lowest BCUT2D eigenvalue weighted by Crippen LogP contribution is -2.30. The second-order valence-corrected chi connectivity index (χ2v) is 22.7. The minimum Gasteiger partial charge on any atom is -0.462 e. The van der Waals surface area contributed by atoms with Crippen molar-refractivity contribution in [2.45, 2.75) is 341 Å². The Kier molecular flexibility index (Phi) is 64.7. The summed E-state index contributed by atoms with van der Waals surface area (Å²) in [6, 6.07) is 0. The molecule has 0 aliphatic heterocycles. The predicted octanol–water partition coefficient (Wildman–Crippen LogP) is 23.6. The molecule has 0 aromatic carbocycles. The Balaban J connectivity index is 4.31. The third-order valence-electron chi connectivity index (χ3n) is 14.8. The van der Waals surface area contributed by atoms with E-state index in [-0.39, 0.29) is 31.1 Å². The van der Waals surface area contributed by atoms with Crippen LogP contribution in [0.25, 0.3) is 0 Å². The molecule has 0 aliphatic carbocycles. The predicted molar refractivity (Wildman–Crippen MR) is 348 cm³/mol. The number of esters is 3. The van der Waals surface area contributed by atoms with E-state index in [9.17, 15) is 14.4 Å². The molecule has 80 heavy (non-hydrogen) atoms. The molecule has 0 saturated heterocycles. The van der Waals surface area contributed by atoms with E-state index >= 15 is 0 Å². The van der Waals surface area contributed by atoms with Crippen molar-refractivity contribution in [3.63, 3.8) is 0 Å². The summed E-state index contributed by atoms with van der Waals surface area (Å²) in [6.45, 7) is 6.54. The molecule has 0 aliphatic rings. The maximum absolute atomic E-state index is 12.9. The van der Waals surface area contributed by atoms with Gasteiger partial charge in [-0.25, -0.2) is 0 Å². The minimum atomic E-state index is -0.785. The van der Waals surface area contributed by atoms with Gasteiger partial charge in [-0.1, -0.05) is 311 Å². The average molecular weight is 1110 g/mol. The quantitative estimate of drug-likeness (QED) is 0.0261. The second kappa shape index (κ2) is 67.8. The lowest BCUT2D eigenvalue weighted by atomic mass is 10.0. The first kappa shape index (κ1) is 76.3. The fraction of sp³-hybridized carbons (Fsp3) is 0.743. The molecule has 0 heterocycles. The molecule has 0 amide bonds. The Morgan fingerprint density at radius 3 is 0.787 bits per heavy atom. The van der Waals surface area contributed by atoms with Crippen LogP contribution in [0.3, 0.4) is 0 Å². The van der Waals surface area contributed by atoms with Gasteiger partial charge in [-0.05, 0) is 103 Å². The van der Waals surface area contributed by atoms with Crippen LogP contribution < -0.4 is 0 Å². The highest BCUT2D eigenvalue weighted by molar-refractivity contribution is 5.71.